The number of benzene rings is 1. The van der Waals surface area contributed by atoms with E-state index in [-0.39, 0.29) is 5.82 Å². The summed E-state index contributed by atoms with van der Waals surface area (Å²) in [6, 6.07) is 4.35. The first-order valence-corrected chi connectivity index (χ1v) is 5.95. The van der Waals surface area contributed by atoms with Gasteiger partial charge in [0, 0.05) is 16.0 Å². The molecule has 0 radical (unpaired) electrons. The van der Waals surface area contributed by atoms with Crippen LogP contribution in [0.25, 0.3) is 10.6 Å². The van der Waals surface area contributed by atoms with E-state index in [1.165, 1.54) is 23.5 Å². The molecule has 1 heterocycles. The molecule has 0 saturated heterocycles. The van der Waals surface area contributed by atoms with Gasteiger partial charge >= 0.3 is 0 Å². The highest BCUT2D eigenvalue weighted by atomic mass is 35.5. The molecular weight excluding hydrogens is 256 g/mol. The third kappa shape index (κ3) is 2.48. The van der Waals surface area contributed by atoms with Gasteiger partial charge < -0.3 is 0 Å². The van der Waals surface area contributed by atoms with Crippen LogP contribution in [0.5, 0.6) is 0 Å². The topological polar surface area (TPSA) is 12.9 Å². The first kappa shape index (κ1) is 10.9. The highest BCUT2D eigenvalue weighted by Crippen LogP contribution is 2.27. The predicted molar refractivity (Wildman–Crippen MR) is 62.1 cm³/mol. The van der Waals surface area contributed by atoms with Crippen LogP contribution in [0.15, 0.2) is 23.6 Å². The van der Waals surface area contributed by atoms with Gasteiger partial charge in [0.15, 0.2) is 0 Å². The van der Waals surface area contributed by atoms with Crippen molar-refractivity contribution in [3.63, 3.8) is 0 Å². The minimum absolute atomic E-state index is 0.361. The maximum absolute atomic E-state index is 13.1. The van der Waals surface area contributed by atoms with Gasteiger partial charge in [0.1, 0.15) is 10.8 Å². The number of thiazole rings is 1. The molecule has 0 fully saturated rings. The molecule has 0 aliphatic carbocycles. The Hall–Kier alpha value is -0.640. The molecule has 0 saturated carbocycles. The Morgan fingerprint density at radius 3 is 2.73 bits per heavy atom. The molecule has 1 aromatic heterocycles. The lowest BCUT2D eigenvalue weighted by Gasteiger charge is -1.97. The molecule has 1 nitrogen and oxygen atoms in total. The summed E-state index contributed by atoms with van der Waals surface area (Å²) in [6.45, 7) is 0. The lowest BCUT2D eigenvalue weighted by molar-refractivity contribution is 0.628. The van der Waals surface area contributed by atoms with Crippen molar-refractivity contribution >= 4 is 34.5 Å². The molecule has 2 aromatic rings. The Labute approximate surface area is 100 Å². The smallest absolute Gasteiger partial charge is 0.125 e. The summed E-state index contributed by atoms with van der Waals surface area (Å²) in [6.07, 6.45) is 0. The summed E-state index contributed by atoms with van der Waals surface area (Å²) >= 11 is 12.8. The van der Waals surface area contributed by atoms with Crippen LogP contribution in [0.3, 0.4) is 0 Å². The quantitative estimate of drug-likeness (QED) is 0.733. The molecular formula is C10H6Cl2FNS. The van der Waals surface area contributed by atoms with Crippen LogP contribution in [0.1, 0.15) is 5.69 Å². The van der Waals surface area contributed by atoms with E-state index in [1.54, 1.807) is 6.07 Å². The van der Waals surface area contributed by atoms with Gasteiger partial charge in [-0.3, -0.25) is 0 Å². The summed E-state index contributed by atoms with van der Waals surface area (Å²) in [5.41, 5.74) is 1.47. The van der Waals surface area contributed by atoms with Gasteiger partial charge in [0.2, 0.25) is 0 Å². The van der Waals surface area contributed by atoms with Crippen molar-refractivity contribution < 1.29 is 4.39 Å². The van der Waals surface area contributed by atoms with E-state index in [0.29, 0.717) is 16.5 Å². The molecule has 2 rings (SSSR count). The summed E-state index contributed by atoms with van der Waals surface area (Å²) < 4.78 is 13.1. The molecule has 0 amide bonds. The van der Waals surface area contributed by atoms with Crippen molar-refractivity contribution in [3.8, 4) is 10.6 Å². The minimum Gasteiger partial charge on any atom is -0.240 e. The molecule has 0 N–H and O–H groups in total. The molecule has 5 heteroatoms. The van der Waals surface area contributed by atoms with E-state index in [2.05, 4.69) is 4.98 Å². The van der Waals surface area contributed by atoms with E-state index < -0.39 is 0 Å². The number of halogens is 3. The van der Waals surface area contributed by atoms with Crippen LogP contribution in [-0.2, 0) is 5.88 Å². The number of rotatable bonds is 2. The SMILES string of the molecule is Fc1cc(Cl)cc(-c2nc(CCl)cs2)c1. The van der Waals surface area contributed by atoms with Gasteiger partial charge in [0.05, 0.1) is 11.6 Å². The van der Waals surface area contributed by atoms with E-state index in [9.17, 15) is 4.39 Å². The fraction of sp³-hybridized carbons (Fsp3) is 0.100. The van der Waals surface area contributed by atoms with Crippen LogP contribution in [0.4, 0.5) is 4.39 Å². The lowest BCUT2D eigenvalue weighted by Crippen LogP contribution is -1.81. The standard InChI is InChI=1S/C10H6Cl2FNS/c11-4-9-5-15-10(14-9)6-1-7(12)3-8(13)2-6/h1-3,5H,4H2. The Balaban J connectivity index is 2.44. The number of hydrogen-bond acceptors (Lipinski definition) is 2. The van der Waals surface area contributed by atoms with Gasteiger partial charge in [-0.15, -0.1) is 22.9 Å². The van der Waals surface area contributed by atoms with Crippen LogP contribution < -0.4 is 0 Å². The molecule has 1 aromatic carbocycles. The van der Waals surface area contributed by atoms with Gasteiger partial charge in [0.25, 0.3) is 0 Å². The van der Waals surface area contributed by atoms with Crippen molar-refractivity contribution in [2.45, 2.75) is 5.88 Å². The normalized spacial score (nSPS) is 10.6. The maximum atomic E-state index is 13.1. The molecule has 0 unspecified atom stereocenters. The minimum atomic E-state index is -0.361. The predicted octanol–water partition coefficient (Wildman–Crippen LogP) is 4.34. The highest BCUT2D eigenvalue weighted by Gasteiger charge is 2.06. The third-order valence-electron chi connectivity index (χ3n) is 1.80. The van der Waals surface area contributed by atoms with E-state index in [4.69, 9.17) is 23.2 Å². The van der Waals surface area contributed by atoms with Crippen molar-refractivity contribution in [2.75, 3.05) is 0 Å². The average molecular weight is 262 g/mol. The van der Waals surface area contributed by atoms with E-state index in [1.807, 2.05) is 5.38 Å². The highest BCUT2D eigenvalue weighted by molar-refractivity contribution is 7.13. The number of aromatic nitrogens is 1. The van der Waals surface area contributed by atoms with Gasteiger partial charge in [-0.2, -0.15) is 0 Å². The van der Waals surface area contributed by atoms with Crippen molar-refractivity contribution in [1.82, 2.24) is 4.98 Å². The van der Waals surface area contributed by atoms with Crippen molar-refractivity contribution in [3.05, 3.63) is 40.1 Å². The zero-order valence-corrected chi connectivity index (χ0v) is 9.83. The van der Waals surface area contributed by atoms with Crippen LogP contribution in [0.2, 0.25) is 5.02 Å². The Kier molecular flexibility index (Phi) is 3.24. The Morgan fingerprint density at radius 1 is 1.33 bits per heavy atom. The van der Waals surface area contributed by atoms with Crippen LogP contribution in [-0.4, -0.2) is 4.98 Å². The largest absolute Gasteiger partial charge is 0.240 e. The molecule has 15 heavy (non-hydrogen) atoms. The fourth-order valence-electron chi connectivity index (χ4n) is 1.18. The summed E-state index contributed by atoms with van der Waals surface area (Å²) in [7, 11) is 0. The van der Waals surface area contributed by atoms with Gasteiger partial charge in [-0.1, -0.05) is 11.6 Å². The first-order valence-electron chi connectivity index (χ1n) is 4.16. The number of hydrogen-bond donors (Lipinski definition) is 0. The second-order valence-electron chi connectivity index (χ2n) is 2.94. The lowest BCUT2D eigenvalue weighted by atomic mass is 10.2. The summed E-state index contributed by atoms with van der Waals surface area (Å²) in [5, 5.41) is 2.95. The number of nitrogens with zero attached hydrogens (tertiary/aromatic N) is 1. The van der Waals surface area contributed by atoms with E-state index >= 15 is 0 Å². The van der Waals surface area contributed by atoms with Gasteiger partial charge in [-0.05, 0) is 18.2 Å². The molecule has 0 spiro atoms. The fourth-order valence-corrected chi connectivity index (χ4v) is 2.44. The summed E-state index contributed by atoms with van der Waals surface area (Å²) in [5.74, 6) is -0.000334. The Bertz CT molecular complexity index is 464. The third-order valence-corrected chi connectivity index (χ3v) is 3.23. The zero-order chi connectivity index (χ0) is 10.8. The molecule has 0 aliphatic rings. The molecule has 0 aliphatic heterocycles. The second-order valence-corrected chi connectivity index (χ2v) is 4.50. The summed E-state index contributed by atoms with van der Waals surface area (Å²) in [4.78, 5) is 4.24. The van der Waals surface area contributed by atoms with Crippen LogP contribution >= 0.6 is 34.5 Å². The molecule has 0 bridgehead atoms. The monoisotopic (exact) mass is 261 g/mol. The maximum Gasteiger partial charge on any atom is 0.125 e. The number of alkyl halides is 1. The second kappa shape index (κ2) is 4.47. The van der Waals surface area contributed by atoms with E-state index in [0.717, 1.165) is 10.7 Å². The Morgan fingerprint density at radius 2 is 2.13 bits per heavy atom. The molecule has 78 valence electrons. The average Bonchev–Trinajstić information content (AvgIpc) is 2.64. The van der Waals surface area contributed by atoms with Crippen molar-refractivity contribution in [1.29, 1.82) is 0 Å². The van der Waals surface area contributed by atoms with Gasteiger partial charge in [-0.25, -0.2) is 9.37 Å². The van der Waals surface area contributed by atoms with Crippen LogP contribution in [0, 0.1) is 5.82 Å². The molecule has 0 atom stereocenters. The van der Waals surface area contributed by atoms with Crippen molar-refractivity contribution in [2.24, 2.45) is 0 Å². The zero-order valence-electron chi connectivity index (χ0n) is 7.51. The first-order chi connectivity index (χ1) is 7.19.